The molecular formula is C9H16N6O5S. The van der Waals surface area contributed by atoms with Crippen LogP contribution < -0.4 is 10.6 Å². The van der Waals surface area contributed by atoms with Crippen LogP contribution in [0, 0.1) is 0 Å². The number of aliphatic carboxylic acids is 1. The standard InChI is InChI=1S/C9H16N6O5S/c1-5(7-12-14-15-13-7)10-9(18)11-6(8(16)17)3-4-21(2,19)20/h5-6H,3-4H2,1-2H3,(H,16,17)(H2,10,11,18)(H,12,13,14,15). The highest BCUT2D eigenvalue weighted by molar-refractivity contribution is 7.90. The van der Waals surface area contributed by atoms with Gasteiger partial charge >= 0.3 is 12.0 Å². The Hall–Kier alpha value is -2.24. The second-order valence-electron chi connectivity index (χ2n) is 4.42. The molecule has 1 rings (SSSR count). The number of aromatic amines is 1. The highest BCUT2D eigenvalue weighted by atomic mass is 32.2. The van der Waals surface area contributed by atoms with E-state index in [0.29, 0.717) is 0 Å². The fourth-order valence-electron chi connectivity index (χ4n) is 1.40. The third kappa shape index (κ3) is 6.16. The number of aromatic nitrogens is 4. The van der Waals surface area contributed by atoms with Gasteiger partial charge in [-0.15, -0.1) is 10.2 Å². The van der Waals surface area contributed by atoms with Gasteiger partial charge in [-0.1, -0.05) is 5.21 Å². The van der Waals surface area contributed by atoms with Crippen molar-refractivity contribution in [2.24, 2.45) is 0 Å². The molecule has 0 saturated heterocycles. The second kappa shape index (κ2) is 6.97. The Labute approximate surface area is 120 Å². The molecule has 21 heavy (non-hydrogen) atoms. The van der Waals surface area contributed by atoms with Crippen molar-refractivity contribution in [1.82, 2.24) is 31.3 Å². The summed E-state index contributed by atoms with van der Waals surface area (Å²) in [6.45, 7) is 1.58. The normalized spacial score (nSPS) is 14.2. The zero-order valence-corrected chi connectivity index (χ0v) is 12.2. The van der Waals surface area contributed by atoms with E-state index in [1.54, 1.807) is 6.92 Å². The number of carbonyl (C=O) groups is 2. The van der Waals surface area contributed by atoms with Gasteiger partial charge in [0, 0.05) is 6.26 Å². The Morgan fingerprint density at radius 2 is 2.05 bits per heavy atom. The summed E-state index contributed by atoms with van der Waals surface area (Å²) in [5.74, 6) is -1.43. The first kappa shape index (κ1) is 16.8. The third-order valence-corrected chi connectivity index (χ3v) is 3.45. The van der Waals surface area contributed by atoms with Crippen molar-refractivity contribution in [1.29, 1.82) is 0 Å². The summed E-state index contributed by atoms with van der Waals surface area (Å²) >= 11 is 0. The molecule has 4 N–H and O–H groups in total. The number of urea groups is 1. The predicted molar refractivity (Wildman–Crippen MR) is 70.0 cm³/mol. The molecule has 1 aromatic rings. The van der Waals surface area contributed by atoms with Gasteiger partial charge in [-0.3, -0.25) is 0 Å². The smallest absolute Gasteiger partial charge is 0.326 e. The molecule has 0 bridgehead atoms. The van der Waals surface area contributed by atoms with E-state index >= 15 is 0 Å². The molecule has 2 atom stereocenters. The van der Waals surface area contributed by atoms with Gasteiger partial charge in [0.15, 0.2) is 5.82 Å². The summed E-state index contributed by atoms with van der Waals surface area (Å²) in [4.78, 5) is 22.7. The number of sulfone groups is 1. The van der Waals surface area contributed by atoms with Gasteiger partial charge in [0.1, 0.15) is 15.9 Å². The number of hydrogen-bond acceptors (Lipinski definition) is 7. The van der Waals surface area contributed by atoms with Crippen molar-refractivity contribution in [2.75, 3.05) is 12.0 Å². The van der Waals surface area contributed by atoms with Crippen molar-refractivity contribution in [2.45, 2.75) is 25.4 Å². The molecule has 0 aromatic carbocycles. The Balaban J connectivity index is 2.54. The van der Waals surface area contributed by atoms with Gasteiger partial charge < -0.3 is 15.7 Å². The number of rotatable bonds is 7. The largest absolute Gasteiger partial charge is 0.480 e. The van der Waals surface area contributed by atoms with Crippen molar-refractivity contribution in [3.8, 4) is 0 Å². The average Bonchev–Trinajstić information content (AvgIpc) is 2.86. The van der Waals surface area contributed by atoms with Crippen LogP contribution in [0.3, 0.4) is 0 Å². The number of hydrogen-bond donors (Lipinski definition) is 4. The molecule has 12 heteroatoms. The zero-order chi connectivity index (χ0) is 16.0. The molecule has 0 aliphatic rings. The molecule has 0 aliphatic carbocycles. The highest BCUT2D eigenvalue weighted by Gasteiger charge is 2.23. The van der Waals surface area contributed by atoms with E-state index in [1.165, 1.54) is 0 Å². The van der Waals surface area contributed by atoms with E-state index < -0.39 is 33.9 Å². The van der Waals surface area contributed by atoms with Gasteiger partial charge in [0.25, 0.3) is 0 Å². The molecule has 2 amide bonds. The van der Waals surface area contributed by atoms with E-state index in [1.807, 2.05) is 0 Å². The quantitative estimate of drug-likeness (QED) is 0.468. The lowest BCUT2D eigenvalue weighted by atomic mass is 10.2. The summed E-state index contributed by atoms with van der Waals surface area (Å²) in [5.41, 5.74) is 0. The first-order valence-corrected chi connectivity index (χ1v) is 7.96. The molecule has 1 heterocycles. The molecule has 2 unspecified atom stereocenters. The Morgan fingerprint density at radius 3 is 2.52 bits per heavy atom. The maximum atomic E-state index is 11.7. The summed E-state index contributed by atoms with van der Waals surface area (Å²) in [6.07, 6.45) is 0.766. The molecule has 11 nitrogen and oxygen atoms in total. The van der Waals surface area contributed by atoms with Crippen molar-refractivity contribution in [3.05, 3.63) is 5.82 Å². The van der Waals surface area contributed by atoms with Crippen LogP contribution in [0.2, 0.25) is 0 Å². The SMILES string of the molecule is CC(NC(=O)NC(CCS(C)(=O)=O)C(=O)O)c1nn[nH]n1. The highest BCUT2D eigenvalue weighted by Crippen LogP contribution is 2.03. The van der Waals surface area contributed by atoms with E-state index in [-0.39, 0.29) is 18.0 Å². The Bertz CT molecular complexity index is 586. The number of H-pyrrole nitrogens is 1. The van der Waals surface area contributed by atoms with Crippen molar-refractivity contribution >= 4 is 21.8 Å². The minimum atomic E-state index is -3.31. The Morgan fingerprint density at radius 1 is 1.38 bits per heavy atom. The van der Waals surface area contributed by atoms with Crippen LogP contribution in [0.25, 0.3) is 0 Å². The lowest BCUT2D eigenvalue weighted by Crippen LogP contribution is -2.47. The van der Waals surface area contributed by atoms with Crippen LogP contribution in [0.5, 0.6) is 0 Å². The average molecular weight is 320 g/mol. The molecule has 0 radical (unpaired) electrons. The molecular weight excluding hydrogens is 304 g/mol. The number of carbonyl (C=O) groups excluding carboxylic acids is 1. The van der Waals surface area contributed by atoms with E-state index in [0.717, 1.165) is 6.26 Å². The minimum Gasteiger partial charge on any atom is -0.480 e. The van der Waals surface area contributed by atoms with E-state index in [4.69, 9.17) is 5.11 Å². The first-order chi connectivity index (χ1) is 9.69. The van der Waals surface area contributed by atoms with Gasteiger partial charge in [-0.05, 0) is 13.3 Å². The summed E-state index contributed by atoms with van der Waals surface area (Å²) in [7, 11) is -3.31. The lowest BCUT2D eigenvalue weighted by Gasteiger charge is -2.16. The van der Waals surface area contributed by atoms with Crippen LogP contribution in [0.1, 0.15) is 25.2 Å². The van der Waals surface area contributed by atoms with Gasteiger partial charge in [-0.2, -0.15) is 5.21 Å². The van der Waals surface area contributed by atoms with Crippen LogP contribution in [-0.2, 0) is 14.6 Å². The van der Waals surface area contributed by atoms with E-state index in [9.17, 15) is 18.0 Å². The first-order valence-electron chi connectivity index (χ1n) is 5.90. The molecule has 118 valence electrons. The van der Waals surface area contributed by atoms with Crippen LogP contribution in [-0.4, -0.2) is 64.2 Å². The predicted octanol–water partition coefficient (Wildman–Crippen LogP) is -1.55. The monoisotopic (exact) mass is 320 g/mol. The fraction of sp³-hybridized carbons (Fsp3) is 0.667. The topological polar surface area (TPSA) is 167 Å². The third-order valence-electron chi connectivity index (χ3n) is 2.48. The summed E-state index contributed by atoms with van der Waals surface area (Å²) < 4.78 is 22.1. The number of tetrazole rings is 1. The fourth-order valence-corrected chi connectivity index (χ4v) is 2.07. The molecule has 0 fully saturated rings. The number of nitrogens with zero attached hydrogens (tertiary/aromatic N) is 3. The summed E-state index contributed by atoms with van der Waals surface area (Å²) in [5, 5.41) is 26.4. The maximum Gasteiger partial charge on any atom is 0.326 e. The van der Waals surface area contributed by atoms with Gasteiger partial charge in [0.2, 0.25) is 0 Å². The van der Waals surface area contributed by atoms with Gasteiger partial charge in [0.05, 0.1) is 11.8 Å². The molecule has 0 spiro atoms. The van der Waals surface area contributed by atoms with Crippen molar-refractivity contribution < 1.29 is 23.1 Å². The maximum absolute atomic E-state index is 11.7. The van der Waals surface area contributed by atoms with Crippen LogP contribution >= 0.6 is 0 Å². The second-order valence-corrected chi connectivity index (χ2v) is 6.68. The summed E-state index contributed by atoms with van der Waals surface area (Å²) in [6, 6.07) is -2.67. The number of carboxylic acids is 1. The number of nitrogens with one attached hydrogen (secondary N) is 3. The lowest BCUT2D eigenvalue weighted by molar-refractivity contribution is -0.139. The van der Waals surface area contributed by atoms with Crippen LogP contribution in [0.4, 0.5) is 4.79 Å². The minimum absolute atomic E-state index is 0.224. The van der Waals surface area contributed by atoms with Crippen molar-refractivity contribution in [3.63, 3.8) is 0 Å². The van der Waals surface area contributed by atoms with Gasteiger partial charge in [-0.25, -0.2) is 18.0 Å². The molecule has 0 saturated carbocycles. The van der Waals surface area contributed by atoms with Crippen LogP contribution in [0.15, 0.2) is 0 Å². The number of amides is 2. The Kier molecular flexibility index (Phi) is 5.58. The molecule has 1 aromatic heterocycles. The van der Waals surface area contributed by atoms with E-state index in [2.05, 4.69) is 31.3 Å². The zero-order valence-electron chi connectivity index (χ0n) is 11.4. The number of carboxylic acid groups (broad SMARTS) is 1. The molecule has 0 aliphatic heterocycles.